The molecule has 1 aliphatic heterocycles. The molecule has 0 aromatic heterocycles. The van der Waals surface area contributed by atoms with Gasteiger partial charge in [-0.05, 0) is 49.9 Å². The van der Waals surface area contributed by atoms with Gasteiger partial charge in [0.15, 0.2) is 0 Å². The van der Waals surface area contributed by atoms with Crippen LogP contribution in [-0.4, -0.2) is 42.9 Å². The highest BCUT2D eigenvalue weighted by Gasteiger charge is 2.52. The van der Waals surface area contributed by atoms with Gasteiger partial charge in [-0.1, -0.05) is 13.8 Å². The van der Waals surface area contributed by atoms with Crippen molar-refractivity contribution in [3.63, 3.8) is 0 Å². The molecule has 114 valence electrons. The standard InChI is InChI=1S/C16H27NO3/c1-13(2)15-3-6-16(7-4-15,8-5-15)20-14(18)17-9-11-19-12-10-17/h13H,3-12H2,1-2H3. The number of nitrogens with zero attached hydrogens (tertiary/aromatic N) is 1. The van der Waals surface area contributed by atoms with E-state index in [4.69, 9.17) is 9.47 Å². The van der Waals surface area contributed by atoms with Crippen LogP contribution in [-0.2, 0) is 9.47 Å². The van der Waals surface area contributed by atoms with Crippen molar-refractivity contribution in [2.24, 2.45) is 11.3 Å². The van der Waals surface area contributed by atoms with Gasteiger partial charge in [0, 0.05) is 13.1 Å². The van der Waals surface area contributed by atoms with E-state index in [0.717, 1.165) is 25.2 Å². The van der Waals surface area contributed by atoms with Crippen molar-refractivity contribution in [1.82, 2.24) is 4.90 Å². The van der Waals surface area contributed by atoms with E-state index in [2.05, 4.69) is 13.8 Å². The third-order valence-electron chi connectivity index (χ3n) is 6.03. The normalized spacial score (nSPS) is 37.2. The first kappa shape index (κ1) is 14.2. The smallest absolute Gasteiger partial charge is 0.410 e. The summed E-state index contributed by atoms with van der Waals surface area (Å²) in [7, 11) is 0. The number of amides is 1. The maximum atomic E-state index is 12.3. The van der Waals surface area contributed by atoms with Gasteiger partial charge < -0.3 is 14.4 Å². The van der Waals surface area contributed by atoms with Crippen LogP contribution < -0.4 is 0 Å². The predicted molar refractivity (Wildman–Crippen MR) is 76.6 cm³/mol. The summed E-state index contributed by atoms with van der Waals surface area (Å²) in [5, 5.41) is 0. The molecule has 4 nitrogen and oxygen atoms in total. The second-order valence-corrected chi connectivity index (χ2v) is 7.17. The van der Waals surface area contributed by atoms with Crippen molar-refractivity contribution in [1.29, 1.82) is 0 Å². The van der Waals surface area contributed by atoms with Gasteiger partial charge in [-0.25, -0.2) is 4.79 Å². The van der Waals surface area contributed by atoms with Crippen LogP contribution in [0.3, 0.4) is 0 Å². The van der Waals surface area contributed by atoms with E-state index < -0.39 is 0 Å². The summed E-state index contributed by atoms with van der Waals surface area (Å²) >= 11 is 0. The molecule has 0 atom stereocenters. The molecule has 20 heavy (non-hydrogen) atoms. The lowest BCUT2D eigenvalue weighted by molar-refractivity contribution is -0.121. The van der Waals surface area contributed by atoms with Gasteiger partial charge in [0.05, 0.1) is 13.2 Å². The number of carbonyl (C=O) groups excluding carboxylic acids is 1. The second kappa shape index (κ2) is 5.21. The van der Waals surface area contributed by atoms with Gasteiger partial charge in [0.1, 0.15) is 5.60 Å². The summed E-state index contributed by atoms with van der Waals surface area (Å²) < 4.78 is 11.3. The Hall–Kier alpha value is -0.770. The highest BCUT2D eigenvalue weighted by Crippen LogP contribution is 2.57. The summed E-state index contributed by atoms with van der Waals surface area (Å²) in [6.45, 7) is 7.31. The number of fused-ring (bicyclic) bond motifs is 3. The molecule has 0 N–H and O–H groups in total. The molecule has 1 heterocycles. The van der Waals surface area contributed by atoms with Crippen LogP contribution >= 0.6 is 0 Å². The zero-order valence-corrected chi connectivity index (χ0v) is 12.8. The summed E-state index contributed by atoms with van der Waals surface area (Å²) in [4.78, 5) is 14.1. The van der Waals surface area contributed by atoms with Crippen molar-refractivity contribution >= 4 is 6.09 Å². The predicted octanol–water partition coefficient (Wildman–Crippen LogP) is 3.20. The monoisotopic (exact) mass is 281 g/mol. The Morgan fingerprint density at radius 2 is 1.60 bits per heavy atom. The van der Waals surface area contributed by atoms with E-state index >= 15 is 0 Å². The van der Waals surface area contributed by atoms with E-state index in [0.29, 0.717) is 31.7 Å². The fourth-order valence-electron chi connectivity index (χ4n) is 4.20. The number of rotatable bonds is 2. The lowest BCUT2D eigenvalue weighted by atomic mass is 9.54. The van der Waals surface area contributed by atoms with Crippen LogP contribution in [0.4, 0.5) is 4.79 Å². The van der Waals surface area contributed by atoms with E-state index in [9.17, 15) is 4.79 Å². The molecule has 0 unspecified atom stereocenters. The van der Waals surface area contributed by atoms with E-state index in [1.165, 1.54) is 19.3 Å². The molecular formula is C16H27NO3. The Bertz CT molecular complexity index is 349. The Balaban J connectivity index is 1.60. The summed E-state index contributed by atoms with van der Waals surface area (Å²) in [6.07, 6.45) is 6.72. The minimum Gasteiger partial charge on any atom is -0.443 e. The first-order valence-corrected chi connectivity index (χ1v) is 8.11. The molecular weight excluding hydrogens is 254 g/mol. The minimum atomic E-state index is -0.161. The zero-order chi connectivity index (χ0) is 14.2. The molecule has 4 fully saturated rings. The Kier molecular flexibility index (Phi) is 3.69. The maximum Gasteiger partial charge on any atom is 0.410 e. The number of carbonyl (C=O) groups is 1. The molecule has 0 aromatic carbocycles. The molecule has 4 heteroatoms. The average molecular weight is 281 g/mol. The summed E-state index contributed by atoms with van der Waals surface area (Å²) in [6, 6.07) is 0. The van der Waals surface area contributed by atoms with Crippen molar-refractivity contribution in [3.05, 3.63) is 0 Å². The molecule has 3 aliphatic carbocycles. The van der Waals surface area contributed by atoms with Gasteiger partial charge >= 0.3 is 6.09 Å². The van der Waals surface area contributed by atoms with Crippen LogP contribution in [0.15, 0.2) is 0 Å². The summed E-state index contributed by atoms with van der Waals surface area (Å²) in [5.41, 5.74) is 0.360. The Morgan fingerprint density at radius 3 is 2.10 bits per heavy atom. The highest BCUT2D eigenvalue weighted by molar-refractivity contribution is 5.68. The number of ether oxygens (including phenoxy) is 2. The van der Waals surface area contributed by atoms with E-state index in [1.807, 2.05) is 0 Å². The van der Waals surface area contributed by atoms with Crippen LogP contribution in [0.25, 0.3) is 0 Å². The highest BCUT2D eigenvalue weighted by atomic mass is 16.6. The molecule has 3 saturated carbocycles. The van der Waals surface area contributed by atoms with Gasteiger partial charge in [-0.2, -0.15) is 0 Å². The largest absolute Gasteiger partial charge is 0.443 e. The maximum absolute atomic E-state index is 12.3. The number of morpholine rings is 1. The molecule has 4 aliphatic rings. The molecule has 0 spiro atoms. The number of hydrogen-bond acceptors (Lipinski definition) is 3. The fraction of sp³-hybridized carbons (Fsp3) is 0.938. The van der Waals surface area contributed by atoms with E-state index in [1.54, 1.807) is 4.90 Å². The minimum absolute atomic E-state index is 0.118. The topological polar surface area (TPSA) is 38.8 Å². The second-order valence-electron chi connectivity index (χ2n) is 7.17. The van der Waals surface area contributed by atoms with Gasteiger partial charge in [-0.3, -0.25) is 0 Å². The Labute approximate surface area is 121 Å². The average Bonchev–Trinajstić information content (AvgIpc) is 2.49. The molecule has 0 radical (unpaired) electrons. The molecule has 1 amide bonds. The molecule has 4 rings (SSSR count). The SMILES string of the molecule is CC(C)C12CCC(OC(=O)N3CCOCC3)(CC1)CC2. The quantitative estimate of drug-likeness (QED) is 0.780. The fourth-order valence-corrected chi connectivity index (χ4v) is 4.20. The van der Waals surface area contributed by atoms with Crippen LogP contribution in [0.1, 0.15) is 52.4 Å². The van der Waals surface area contributed by atoms with Crippen molar-refractivity contribution in [2.45, 2.75) is 58.0 Å². The lowest BCUT2D eigenvalue weighted by Crippen LogP contribution is -2.52. The van der Waals surface area contributed by atoms with Crippen molar-refractivity contribution in [2.75, 3.05) is 26.3 Å². The first-order chi connectivity index (χ1) is 9.55. The molecule has 1 saturated heterocycles. The molecule has 0 aromatic rings. The van der Waals surface area contributed by atoms with Gasteiger partial charge in [-0.15, -0.1) is 0 Å². The van der Waals surface area contributed by atoms with E-state index in [-0.39, 0.29) is 11.7 Å². The zero-order valence-electron chi connectivity index (χ0n) is 12.8. The van der Waals surface area contributed by atoms with Crippen LogP contribution in [0, 0.1) is 11.3 Å². The molecule has 2 bridgehead atoms. The van der Waals surface area contributed by atoms with Crippen LogP contribution in [0.5, 0.6) is 0 Å². The third-order valence-corrected chi connectivity index (χ3v) is 6.03. The Morgan fingerprint density at radius 1 is 1.05 bits per heavy atom. The van der Waals surface area contributed by atoms with Gasteiger partial charge in [0.25, 0.3) is 0 Å². The summed E-state index contributed by atoms with van der Waals surface area (Å²) in [5.74, 6) is 0.746. The first-order valence-electron chi connectivity index (χ1n) is 8.11. The number of hydrogen-bond donors (Lipinski definition) is 0. The third kappa shape index (κ3) is 2.43. The van der Waals surface area contributed by atoms with Crippen molar-refractivity contribution in [3.8, 4) is 0 Å². The van der Waals surface area contributed by atoms with Crippen molar-refractivity contribution < 1.29 is 14.3 Å². The lowest BCUT2D eigenvalue weighted by Gasteiger charge is -2.54. The van der Waals surface area contributed by atoms with Gasteiger partial charge in [0.2, 0.25) is 0 Å². The van der Waals surface area contributed by atoms with Crippen LogP contribution in [0.2, 0.25) is 0 Å².